The molecule has 30 heavy (non-hydrogen) atoms. The molecule has 152 valence electrons. The number of H-pyrrole nitrogens is 1. The Hall–Kier alpha value is -3.23. The largest absolute Gasteiger partial charge is 0.370 e. The average Bonchev–Trinajstić information content (AvgIpc) is 3.23. The summed E-state index contributed by atoms with van der Waals surface area (Å²) in [5.41, 5.74) is 3.91. The minimum Gasteiger partial charge on any atom is -0.370 e. The van der Waals surface area contributed by atoms with Crippen LogP contribution in [0, 0.1) is 5.82 Å². The number of aromatic amines is 1. The van der Waals surface area contributed by atoms with Crippen molar-refractivity contribution < 1.29 is 4.39 Å². The average molecular weight is 424 g/mol. The third-order valence-corrected chi connectivity index (χ3v) is 5.54. The standard InChI is InChI=1S/C21H19ClFN7/c1-11(28-21-19-20(25-9-24-19)26-10-27-21)16-17(12-4-2-5-13(23)8-12)30-18-14(22)6-3-7-15(18)29-16/h2-11,17,21,28,30H,1H3,(H,24,25)(H,26,27). The molecule has 4 N–H and O–H groups in total. The van der Waals surface area contributed by atoms with Gasteiger partial charge in [0.2, 0.25) is 0 Å². The van der Waals surface area contributed by atoms with Gasteiger partial charge < -0.3 is 15.6 Å². The van der Waals surface area contributed by atoms with Gasteiger partial charge in [-0.15, -0.1) is 0 Å². The molecule has 0 spiro atoms. The van der Waals surface area contributed by atoms with Crippen LogP contribution in [0.25, 0.3) is 0 Å². The van der Waals surface area contributed by atoms with Crippen molar-refractivity contribution in [3.63, 3.8) is 0 Å². The van der Waals surface area contributed by atoms with E-state index in [1.54, 1.807) is 18.7 Å². The predicted molar refractivity (Wildman–Crippen MR) is 117 cm³/mol. The second kappa shape index (κ2) is 7.55. The van der Waals surface area contributed by atoms with E-state index in [1.807, 2.05) is 31.2 Å². The van der Waals surface area contributed by atoms with Gasteiger partial charge in [-0.2, -0.15) is 0 Å². The third-order valence-electron chi connectivity index (χ3n) is 5.23. The molecular formula is C21H19ClFN7. The van der Waals surface area contributed by atoms with Crippen LogP contribution in [0.3, 0.4) is 0 Å². The first-order valence-corrected chi connectivity index (χ1v) is 9.94. The maximum Gasteiger partial charge on any atom is 0.156 e. The van der Waals surface area contributed by atoms with Crippen molar-refractivity contribution in [1.82, 2.24) is 15.3 Å². The van der Waals surface area contributed by atoms with Gasteiger partial charge in [-0.05, 0) is 36.8 Å². The number of rotatable bonds is 4. The lowest BCUT2D eigenvalue weighted by Crippen LogP contribution is -2.42. The molecule has 0 fully saturated rings. The number of benzene rings is 2. The molecule has 0 amide bonds. The third kappa shape index (κ3) is 3.34. The minimum atomic E-state index is -0.345. The molecule has 2 aliphatic heterocycles. The predicted octanol–water partition coefficient (Wildman–Crippen LogP) is 4.57. The van der Waals surface area contributed by atoms with Crippen LogP contribution < -0.4 is 16.0 Å². The molecule has 0 saturated carbocycles. The molecule has 0 radical (unpaired) electrons. The quantitative estimate of drug-likeness (QED) is 0.494. The Morgan fingerprint density at radius 1 is 1.20 bits per heavy atom. The number of hydrogen-bond donors (Lipinski definition) is 4. The van der Waals surface area contributed by atoms with E-state index in [0.29, 0.717) is 5.02 Å². The van der Waals surface area contributed by atoms with E-state index in [0.717, 1.165) is 34.2 Å². The number of fused-ring (bicyclic) bond motifs is 2. The summed E-state index contributed by atoms with van der Waals surface area (Å²) in [7, 11) is 0. The zero-order valence-corrected chi connectivity index (χ0v) is 16.8. The van der Waals surface area contributed by atoms with E-state index in [4.69, 9.17) is 16.6 Å². The van der Waals surface area contributed by atoms with E-state index < -0.39 is 0 Å². The number of anilines is 2. The summed E-state index contributed by atoms with van der Waals surface area (Å²) in [6.07, 6.45) is 2.93. The van der Waals surface area contributed by atoms with Crippen LogP contribution in [0.5, 0.6) is 0 Å². The van der Waals surface area contributed by atoms with E-state index >= 15 is 0 Å². The first-order chi connectivity index (χ1) is 14.6. The number of hydrogen-bond acceptors (Lipinski definition) is 6. The van der Waals surface area contributed by atoms with Crippen LogP contribution >= 0.6 is 11.6 Å². The van der Waals surface area contributed by atoms with Crippen molar-refractivity contribution in [3.8, 4) is 0 Å². The molecule has 2 aliphatic rings. The van der Waals surface area contributed by atoms with Crippen LogP contribution in [0.2, 0.25) is 5.02 Å². The molecule has 7 nitrogen and oxygen atoms in total. The van der Waals surface area contributed by atoms with Crippen LogP contribution in [-0.4, -0.2) is 28.1 Å². The number of imidazole rings is 1. The Morgan fingerprint density at radius 3 is 2.93 bits per heavy atom. The van der Waals surface area contributed by atoms with Gasteiger partial charge in [0.1, 0.15) is 12.0 Å². The lowest BCUT2D eigenvalue weighted by Gasteiger charge is -2.33. The fourth-order valence-corrected chi connectivity index (χ4v) is 4.01. The van der Waals surface area contributed by atoms with Crippen molar-refractivity contribution >= 4 is 40.8 Å². The summed E-state index contributed by atoms with van der Waals surface area (Å²) in [6, 6.07) is 11.5. The van der Waals surface area contributed by atoms with Gasteiger partial charge in [-0.3, -0.25) is 15.3 Å². The van der Waals surface area contributed by atoms with Gasteiger partial charge in [0.05, 0.1) is 46.5 Å². The SMILES string of the molecule is CC(NC1N=CNc2nc[nH]c21)C1=Nc2cccc(Cl)c2NC1c1cccc(F)c1. The van der Waals surface area contributed by atoms with Crippen molar-refractivity contribution in [3.05, 3.63) is 70.9 Å². The Balaban J connectivity index is 1.52. The second-order valence-corrected chi connectivity index (χ2v) is 7.59. The van der Waals surface area contributed by atoms with Crippen LogP contribution in [-0.2, 0) is 0 Å². The van der Waals surface area contributed by atoms with Crippen LogP contribution in [0.1, 0.15) is 30.4 Å². The molecule has 3 heterocycles. The van der Waals surface area contributed by atoms with Crippen molar-refractivity contribution in [2.24, 2.45) is 9.98 Å². The molecule has 2 aromatic carbocycles. The van der Waals surface area contributed by atoms with Crippen molar-refractivity contribution in [2.75, 3.05) is 10.6 Å². The Labute approximate surface area is 177 Å². The fourth-order valence-electron chi connectivity index (χ4n) is 3.78. The van der Waals surface area contributed by atoms with Gasteiger partial charge in [-0.25, -0.2) is 9.37 Å². The zero-order chi connectivity index (χ0) is 20.7. The van der Waals surface area contributed by atoms with Crippen LogP contribution in [0.4, 0.5) is 21.6 Å². The van der Waals surface area contributed by atoms with Crippen LogP contribution in [0.15, 0.2) is 58.8 Å². The Morgan fingerprint density at radius 2 is 2.07 bits per heavy atom. The van der Waals surface area contributed by atoms with Gasteiger partial charge in [0.15, 0.2) is 5.82 Å². The summed E-state index contributed by atoms with van der Waals surface area (Å²) in [4.78, 5) is 16.7. The number of nitrogens with one attached hydrogen (secondary N) is 4. The normalized spacial score (nSPS) is 20.4. The molecule has 3 unspecified atom stereocenters. The molecule has 0 bridgehead atoms. The molecule has 3 aromatic rings. The smallest absolute Gasteiger partial charge is 0.156 e. The summed E-state index contributed by atoms with van der Waals surface area (Å²) in [5, 5.41) is 10.5. The number of nitrogens with zero attached hydrogens (tertiary/aromatic N) is 3. The van der Waals surface area contributed by atoms with Crippen molar-refractivity contribution in [1.29, 1.82) is 0 Å². The zero-order valence-electron chi connectivity index (χ0n) is 16.0. The summed E-state index contributed by atoms with van der Waals surface area (Å²) in [5.74, 6) is 0.432. The summed E-state index contributed by atoms with van der Waals surface area (Å²) >= 11 is 6.39. The number of halogens is 2. The highest BCUT2D eigenvalue weighted by atomic mass is 35.5. The fraction of sp³-hybridized carbons (Fsp3) is 0.190. The Bertz CT molecular complexity index is 1160. The van der Waals surface area contributed by atoms with E-state index in [-0.39, 0.29) is 24.1 Å². The highest BCUT2D eigenvalue weighted by molar-refractivity contribution is 6.34. The molecule has 0 aliphatic carbocycles. The Kier molecular flexibility index (Phi) is 4.72. The van der Waals surface area contributed by atoms with Crippen molar-refractivity contribution in [2.45, 2.75) is 25.2 Å². The highest BCUT2D eigenvalue weighted by Crippen LogP contribution is 2.40. The second-order valence-electron chi connectivity index (χ2n) is 7.18. The number of para-hydroxylation sites is 1. The maximum absolute atomic E-state index is 14.0. The topological polar surface area (TPSA) is 89.5 Å². The van der Waals surface area contributed by atoms with Gasteiger partial charge in [0.25, 0.3) is 0 Å². The molecule has 3 atom stereocenters. The lowest BCUT2D eigenvalue weighted by molar-refractivity contribution is 0.520. The van der Waals surface area contributed by atoms with Gasteiger partial charge in [-0.1, -0.05) is 29.8 Å². The van der Waals surface area contributed by atoms with E-state index in [9.17, 15) is 4.39 Å². The summed E-state index contributed by atoms with van der Waals surface area (Å²) in [6.45, 7) is 2.01. The minimum absolute atomic E-state index is 0.186. The molecule has 1 aromatic heterocycles. The van der Waals surface area contributed by atoms with Gasteiger partial charge in [0, 0.05) is 6.04 Å². The maximum atomic E-state index is 14.0. The highest BCUT2D eigenvalue weighted by Gasteiger charge is 2.31. The molecule has 0 saturated heterocycles. The number of aliphatic imine (C=N–C) groups is 2. The first kappa shape index (κ1) is 18.8. The molecule has 9 heteroatoms. The van der Waals surface area contributed by atoms with E-state index in [2.05, 4.69) is 30.9 Å². The summed E-state index contributed by atoms with van der Waals surface area (Å²) < 4.78 is 14.0. The number of aromatic nitrogens is 2. The monoisotopic (exact) mass is 423 g/mol. The first-order valence-electron chi connectivity index (χ1n) is 9.56. The van der Waals surface area contributed by atoms with E-state index in [1.165, 1.54) is 12.1 Å². The molecule has 5 rings (SSSR count). The molecular weight excluding hydrogens is 405 g/mol. The lowest BCUT2D eigenvalue weighted by atomic mass is 9.94. The van der Waals surface area contributed by atoms with Gasteiger partial charge >= 0.3 is 0 Å².